The van der Waals surface area contributed by atoms with Crippen molar-refractivity contribution in [2.75, 3.05) is 0 Å². The van der Waals surface area contributed by atoms with Crippen LogP contribution in [0.5, 0.6) is 0 Å². The van der Waals surface area contributed by atoms with Crippen molar-refractivity contribution in [3.05, 3.63) is 85.0 Å². The molecule has 0 aliphatic heterocycles. The molecule has 0 aliphatic carbocycles. The number of nitrogens with two attached hydrogens (primary N) is 2. The van der Waals surface area contributed by atoms with Gasteiger partial charge in [0.25, 0.3) is 0 Å². The average Bonchev–Trinajstić information content (AvgIpc) is 2.53. The van der Waals surface area contributed by atoms with E-state index in [1.807, 2.05) is 24.3 Å². The van der Waals surface area contributed by atoms with Crippen LogP contribution in [0.15, 0.2) is 73.8 Å². The molecule has 20 heavy (non-hydrogen) atoms. The van der Waals surface area contributed by atoms with E-state index in [9.17, 15) is 0 Å². The third-order valence-corrected chi connectivity index (χ3v) is 3.38. The van der Waals surface area contributed by atoms with E-state index in [1.165, 1.54) is 0 Å². The molecule has 102 valence electrons. The summed E-state index contributed by atoms with van der Waals surface area (Å²) in [4.78, 5) is 0. The summed E-state index contributed by atoms with van der Waals surface area (Å²) in [6.45, 7) is 7.47. The molecule has 0 spiro atoms. The van der Waals surface area contributed by atoms with Crippen molar-refractivity contribution in [2.45, 2.75) is 12.1 Å². The van der Waals surface area contributed by atoms with Crippen LogP contribution < -0.4 is 11.5 Å². The van der Waals surface area contributed by atoms with Crippen LogP contribution in [0.2, 0.25) is 0 Å². The Kier molecular flexibility index (Phi) is 4.51. The zero-order chi connectivity index (χ0) is 14.5. The Morgan fingerprint density at radius 2 is 1.15 bits per heavy atom. The van der Waals surface area contributed by atoms with Crippen LogP contribution in [0.4, 0.5) is 0 Å². The molecule has 0 aromatic heterocycles. The molecular weight excluding hydrogens is 244 g/mol. The summed E-state index contributed by atoms with van der Waals surface area (Å²) in [7, 11) is 0. The molecule has 0 aliphatic rings. The molecular formula is C18H20N2. The minimum atomic E-state index is -0.145. The second-order valence-electron chi connectivity index (χ2n) is 4.77. The largest absolute Gasteiger partial charge is 0.321 e. The molecule has 0 bridgehead atoms. The lowest BCUT2D eigenvalue weighted by Crippen LogP contribution is -2.07. The number of benzene rings is 2. The summed E-state index contributed by atoms with van der Waals surface area (Å²) < 4.78 is 0. The Morgan fingerprint density at radius 1 is 0.750 bits per heavy atom. The summed E-state index contributed by atoms with van der Waals surface area (Å²) in [5, 5.41) is 0. The fraction of sp³-hybridized carbons (Fsp3) is 0.111. The molecule has 0 radical (unpaired) electrons. The second kappa shape index (κ2) is 6.33. The summed E-state index contributed by atoms with van der Waals surface area (Å²) in [6, 6.07) is 16.1. The van der Waals surface area contributed by atoms with Crippen molar-refractivity contribution in [2.24, 2.45) is 11.5 Å². The lowest BCUT2D eigenvalue weighted by molar-refractivity contribution is 0.912. The lowest BCUT2D eigenvalue weighted by Gasteiger charge is -2.11. The minimum Gasteiger partial charge on any atom is -0.321 e. The van der Waals surface area contributed by atoms with Gasteiger partial charge in [0.15, 0.2) is 0 Å². The first-order valence-corrected chi connectivity index (χ1v) is 6.62. The molecule has 2 unspecified atom stereocenters. The van der Waals surface area contributed by atoms with Crippen LogP contribution in [0, 0.1) is 0 Å². The standard InChI is InChI=1S/C18H20N2/c1-3-17(19)15-9-5-7-13(11-15)14-8-6-10-16(12-14)18(20)4-2/h3-12,17-18H,1-2,19-20H2. The highest BCUT2D eigenvalue weighted by molar-refractivity contribution is 5.65. The monoisotopic (exact) mass is 264 g/mol. The SMILES string of the molecule is C=CC(N)c1cccc(-c2cccc(C(N)C=C)c2)c1. The maximum Gasteiger partial charge on any atom is 0.0478 e. The van der Waals surface area contributed by atoms with Crippen molar-refractivity contribution in [3.63, 3.8) is 0 Å². The minimum absolute atomic E-state index is 0.145. The lowest BCUT2D eigenvalue weighted by atomic mass is 9.97. The Hall–Kier alpha value is -2.16. The van der Waals surface area contributed by atoms with Crippen LogP contribution >= 0.6 is 0 Å². The van der Waals surface area contributed by atoms with Gasteiger partial charge < -0.3 is 11.5 Å². The second-order valence-corrected chi connectivity index (χ2v) is 4.77. The van der Waals surface area contributed by atoms with E-state index in [2.05, 4.69) is 37.4 Å². The summed E-state index contributed by atoms with van der Waals surface area (Å²) >= 11 is 0. The zero-order valence-electron chi connectivity index (χ0n) is 11.5. The van der Waals surface area contributed by atoms with E-state index in [1.54, 1.807) is 12.2 Å². The molecule has 0 amide bonds. The van der Waals surface area contributed by atoms with E-state index in [0.717, 1.165) is 22.3 Å². The Labute approximate surface area is 120 Å². The van der Waals surface area contributed by atoms with Crippen LogP contribution in [-0.2, 0) is 0 Å². The van der Waals surface area contributed by atoms with Crippen molar-refractivity contribution >= 4 is 0 Å². The molecule has 0 fully saturated rings. The third-order valence-electron chi connectivity index (χ3n) is 3.38. The van der Waals surface area contributed by atoms with Crippen molar-refractivity contribution in [1.82, 2.24) is 0 Å². The van der Waals surface area contributed by atoms with Crippen molar-refractivity contribution < 1.29 is 0 Å². The van der Waals surface area contributed by atoms with Gasteiger partial charge in [-0.05, 0) is 34.4 Å². The molecule has 0 saturated heterocycles. The van der Waals surface area contributed by atoms with Crippen LogP contribution in [-0.4, -0.2) is 0 Å². The fourth-order valence-electron chi connectivity index (χ4n) is 2.12. The Bertz CT molecular complexity index is 561. The van der Waals surface area contributed by atoms with E-state index in [4.69, 9.17) is 11.5 Å². The van der Waals surface area contributed by atoms with Gasteiger partial charge >= 0.3 is 0 Å². The van der Waals surface area contributed by atoms with Gasteiger partial charge in [0.1, 0.15) is 0 Å². The number of hydrogen-bond donors (Lipinski definition) is 2. The quantitative estimate of drug-likeness (QED) is 0.808. The van der Waals surface area contributed by atoms with Crippen LogP contribution in [0.3, 0.4) is 0 Å². The van der Waals surface area contributed by atoms with Gasteiger partial charge in [-0.25, -0.2) is 0 Å². The summed E-state index contributed by atoms with van der Waals surface area (Å²) in [5.74, 6) is 0. The molecule has 2 nitrogen and oxygen atoms in total. The fourth-order valence-corrected chi connectivity index (χ4v) is 2.12. The summed E-state index contributed by atoms with van der Waals surface area (Å²) in [6.07, 6.45) is 3.48. The third kappa shape index (κ3) is 3.05. The maximum atomic E-state index is 5.99. The van der Waals surface area contributed by atoms with E-state index >= 15 is 0 Å². The highest BCUT2D eigenvalue weighted by Gasteiger charge is 2.06. The first-order chi connectivity index (χ1) is 9.65. The zero-order valence-corrected chi connectivity index (χ0v) is 11.5. The molecule has 0 saturated carbocycles. The van der Waals surface area contributed by atoms with Crippen LogP contribution in [0.25, 0.3) is 11.1 Å². The molecule has 2 aromatic carbocycles. The predicted octanol–water partition coefficient (Wildman–Crippen LogP) is 3.73. The van der Waals surface area contributed by atoms with E-state index in [-0.39, 0.29) is 12.1 Å². The highest BCUT2D eigenvalue weighted by Crippen LogP contribution is 2.25. The molecule has 2 rings (SSSR count). The van der Waals surface area contributed by atoms with Gasteiger partial charge in [-0.1, -0.05) is 48.6 Å². The van der Waals surface area contributed by atoms with Gasteiger partial charge in [0.05, 0.1) is 0 Å². The number of rotatable bonds is 5. The van der Waals surface area contributed by atoms with Gasteiger partial charge in [-0.15, -0.1) is 13.2 Å². The average molecular weight is 264 g/mol. The normalized spacial score (nSPS) is 13.5. The Balaban J connectivity index is 2.41. The molecule has 4 N–H and O–H groups in total. The molecule has 2 heteroatoms. The van der Waals surface area contributed by atoms with E-state index in [0.29, 0.717) is 0 Å². The van der Waals surface area contributed by atoms with Gasteiger partial charge in [-0.2, -0.15) is 0 Å². The van der Waals surface area contributed by atoms with Gasteiger partial charge in [-0.3, -0.25) is 0 Å². The van der Waals surface area contributed by atoms with Gasteiger partial charge in [0.2, 0.25) is 0 Å². The summed E-state index contributed by atoms with van der Waals surface area (Å²) in [5.41, 5.74) is 16.3. The first-order valence-electron chi connectivity index (χ1n) is 6.62. The maximum absolute atomic E-state index is 5.99. The predicted molar refractivity (Wildman–Crippen MR) is 86.1 cm³/mol. The Morgan fingerprint density at radius 3 is 1.50 bits per heavy atom. The molecule has 2 atom stereocenters. The van der Waals surface area contributed by atoms with Crippen molar-refractivity contribution in [1.29, 1.82) is 0 Å². The molecule has 2 aromatic rings. The van der Waals surface area contributed by atoms with Crippen LogP contribution in [0.1, 0.15) is 23.2 Å². The van der Waals surface area contributed by atoms with E-state index < -0.39 is 0 Å². The number of hydrogen-bond acceptors (Lipinski definition) is 2. The first kappa shape index (κ1) is 14.3. The highest BCUT2D eigenvalue weighted by atomic mass is 14.6. The smallest absolute Gasteiger partial charge is 0.0478 e. The van der Waals surface area contributed by atoms with Crippen molar-refractivity contribution in [3.8, 4) is 11.1 Å². The van der Waals surface area contributed by atoms with Gasteiger partial charge in [0, 0.05) is 12.1 Å². The molecule has 0 heterocycles. The topological polar surface area (TPSA) is 52.0 Å².